The van der Waals surface area contributed by atoms with Crippen molar-refractivity contribution >= 4 is 27.5 Å². The standard InChI is InChI=1S/C18H16N2O2S2/c21-24(22,14-15-7-2-1-3-8-15)20-17-10-4-5-11-18(17)23-16-9-6-12-19-13-16/h1-13,20H,14H2. The van der Waals surface area contributed by atoms with E-state index in [1.165, 1.54) is 11.8 Å². The molecule has 6 heteroatoms. The SMILES string of the molecule is O=S(=O)(Cc1ccccc1)Nc1ccccc1Sc1cccnc1. The van der Waals surface area contributed by atoms with Crippen LogP contribution in [0.2, 0.25) is 0 Å². The van der Waals surface area contributed by atoms with Crippen molar-refractivity contribution in [3.05, 3.63) is 84.7 Å². The normalized spacial score (nSPS) is 11.2. The number of hydrogen-bond acceptors (Lipinski definition) is 4. The number of para-hydroxylation sites is 1. The Bertz CT molecular complexity index is 899. The van der Waals surface area contributed by atoms with E-state index in [2.05, 4.69) is 9.71 Å². The second kappa shape index (κ2) is 7.51. The number of pyridine rings is 1. The summed E-state index contributed by atoms with van der Waals surface area (Å²) in [6.45, 7) is 0. The molecule has 3 rings (SSSR count). The van der Waals surface area contributed by atoms with E-state index >= 15 is 0 Å². The average molecular weight is 356 g/mol. The summed E-state index contributed by atoms with van der Waals surface area (Å²) in [5.74, 6) is -0.0558. The number of nitrogens with zero attached hydrogens (tertiary/aromatic N) is 1. The van der Waals surface area contributed by atoms with Crippen LogP contribution in [0.25, 0.3) is 0 Å². The zero-order valence-corrected chi connectivity index (χ0v) is 14.4. The van der Waals surface area contributed by atoms with Crippen LogP contribution in [0.1, 0.15) is 5.56 Å². The molecule has 0 atom stereocenters. The van der Waals surface area contributed by atoms with Crippen LogP contribution in [0.5, 0.6) is 0 Å². The molecular formula is C18H16N2O2S2. The minimum Gasteiger partial charge on any atom is -0.282 e. The smallest absolute Gasteiger partial charge is 0.236 e. The van der Waals surface area contributed by atoms with Gasteiger partial charge in [-0.05, 0) is 29.8 Å². The van der Waals surface area contributed by atoms with E-state index in [4.69, 9.17) is 0 Å². The predicted molar refractivity (Wildman–Crippen MR) is 97.5 cm³/mol. The van der Waals surface area contributed by atoms with Crippen LogP contribution in [0.4, 0.5) is 5.69 Å². The first-order chi connectivity index (χ1) is 11.6. The van der Waals surface area contributed by atoms with Crippen LogP contribution in [-0.4, -0.2) is 13.4 Å². The molecule has 0 radical (unpaired) electrons. The molecule has 122 valence electrons. The first kappa shape index (κ1) is 16.5. The third-order valence-corrected chi connectivity index (χ3v) is 5.51. The lowest BCUT2D eigenvalue weighted by molar-refractivity contribution is 0.600. The average Bonchev–Trinajstić information content (AvgIpc) is 2.58. The fourth-order valence-corrected chi connectivity index (χ4v) is 4.34. The summed E-state index contributed by atoms with van der Waals surface area (Å²) in [6, 6.07) is 20.3. The molecule has 0 amide bonds. The van der Waals surface area contributed by atoms with Gasteiger partial charge in [-0.2, -0.15) is 0 Å². The lowest BCUT2D eigenvalue weighted by Gasteiger charge is -2.12. The van der Waals surface area contributed by atoms with Crippen LogP contribution in [0.3, 0.4) is 0 Å². The van der Waals surface area contributed by atoms with Crippen LogP contribution in [0, 0.1) is 0 Å². The molecule has 0 aliphatic carbocycles. The molecule has 24 heavy (non-hydrogen) atoms. The van der Waals surface area contributed by atoms with Crippen LogP contribution >= 0.6 is 11.8 Å². The zero-order chi connectivity index (χ0) is 16.8. The van der Waals surface area contributed by atoms with Gasteiger partial charge in [0, 0.05) is 22.2 Å². The Morgan fingerprint density at radius 2 is 1.67 bits per heavy atom. The Morgan fingerprint density at radius 3 is 2.42 bits per heavy atom. The minimum atomic E-state index is -3.48. The highest BCUT2D eigenvalue weighted by Gasteiger charge is 2.14. The molecule has 0 fully saturated rings. The molecule has 1 N–H and O–H groups in total. The molecule has 0 bridgehead atoms. The van der Waals surface area contributed by atoms with E-state index in [9.17, 15) is 8.42 Å². The molecule has 1 aromatic heterocycles. The lowest BCUT2D eigenvalue weighted by Crippen LogP contribution is -2.15. The first-order valence-corrected chi connectivity index (χ1v) is 9.81. The fourth-order valence-electron chi connectivity index (χ4n) is 2.17. The first-order valence-electron chi connectivity index (χ1n) is 7.34. The quantitative estimate of drug-likeness (QED) is 0.720. The summed E-state index contributed by atoms with van der Waals surface area (Å²) in [6.07, 6.45) is 3.46. The summed E-state index contributed by atoms with van der Waals surface area (Å²) in [5.41, 5.74) is 1.32. The molecule has 4 nitrogen and oxygen atoms in total. The molecule has 2 aromatic carbocycles. The largest absolute Gasteiger partial charge is 0.282 e. The van der Waals surface area contributed by atoms with E-state index in [1.54, 1.807) is 30.6 Å². The van der Waals surface area contributed by atoms with Gasteiger partial charge in [-0.25, -0.2) is 8.42 Å². The summed E-state index contributed by atoms with van der Waals surface area (Å²) in [4.78, 5) is 5.87. The van der Waals surface area contributed by atoms with Gasteiger partial charge in [0.1, 0.15) is 0 Å². The molecule has 0 saturated carbocycles. The Kier molecular flexibility index (Phi) is 5.17. The van der Waals surface area contributed by atoms with Gasteiger partial charge in [0.05, 0.1) is 11.4 Å². The minimum absolute atomic E-state index is 0.0558. The highest BCUT2D eigenvalue weighted by atomic mass is 32.2. The third-order valence-electron chi connectivity index (χ3n) is 3.21. The lowest BCUT2D eigenvalue weighted by atomic mass is 10.2. The second-order valence-corrected chi connectivity index (χ2v) is 7.97. The highest BCUT2D eigenvalue weighted by Crippen LogP contribution is 2.33. The second-order valence-electron chi connectivity index (χ2n) is 5.13. The van der Waals surface area contributed by atoms with E-state index < -0.39 is 10.0 Å². The number of nitrogens with one attached hydrogen (secondary N) is 1. The Labute approximate surface area is 146 Å². The van der Waals surface area contributed by atoms with Crippen LogP contribution in [-0.2, 0) is 15.8 Å². The maximum Gasteiger partial charge on any atom is 0.236 e. The van der Waals surface area contributed by atoms with Gasteiger partial charge < -0.3 is 0 Å². The van der Waals surface area contributed by atoms with Crippen molar-refractivity contribution in [3.63, 3.8) is 0 Å². The maximum absolute atomic E-state index is 12.4. The van der Waals surface area contributed by atoms with Gasteiger partial charge in [0.15, 0.2) is 0 Å². The van der Waals surface area contributed by atoms with Crippen molar-refractivity contribution in [3.8, 4) is 0 Å². The molecule has 0 spiro atoms. The van der Waals surface area contributed by atoms with Gasteiger partial charge in [-0.15, -0.1) is 0 Å². The molecule has 0 aliphatic rings. The summed E-state index contributed by atoms with van der Waals surface area (Å²) < 4.78 is 27.6. The molecule has 1 heterocycles. The molecule has 0 saturated heterocycles. The van der Waals surface area contributed by atoms with E-state index in [0.717, 1.165) is 15.4 Å². The van der Waals surface area contributed by atoms with Crippen LogP contribution in [0.15, 0.2) is 88.9 Å². The van der Waals surface area contributed by atoms with Gasteiger partial charge >= 0.3 is 0 Å². The van der Waals surface area contributed by atoms with Gasteiger partial charge in [0.2, 0.25) is 10.0 Å². The van der Waals surface area contributed by atoms with Gasteiger partial charge in [-0.1, -0.05) is 54.2 Å². The third kappa shape index (κ3) is 4.59. The number of hydrogen-bond donors (Lipinski definition) is 1. The van der Waals surface area contributed by atoms with Crippen molar-refractivity contribution in [2.45, 2.75) is 15.5 Å². The monoisotopic (exact) mass is 356 g/mol. The van der Waals surface area contributed by atoms with Crippen molar-refractivity contribution < 1.29 is 8.42 Å². The van der Waals surface area contributed by atoms with Crippen molar-refractivity contribution in [2.75, 3.05) is 4.72 Å². The Morgan fingerprint density at radius 1 is 0.917 bits per heavy atom. The number of rotatable bonds is 6. The zero-order valence-electron chi connectivity index (χ0n) is 12.8. The number of anilines is 1. The number of aromatic nitrogens is 1. The molecule has 0 unspecified atom stereocenters. The Hall–Kier alpha value is -2.31. The summed E-state index contributed by atoms with van der Waals surface area (Å²) >= 11 is 1.47. The summed E-state index contributed by atoms with van der Waals surface area (Å²) in [5, 5.41) is 0. The van der Waals surface area contributed by atoms with E-state index in [-0.39, 0.29) is 5.75 Å². The number of benzene rings is 2. The molecule has 0 aliphatic heterocycles. The van der Waals surface area contributed by atoms with Crippen molar-refractivity contribution in [1.29, 1.82) is 0 Å². The topological polar surface area (TPSA) is 59.1 Å². The van der Waals surface area contributed by atoms with Gasteiger partial charge in [0.25, 0.3) is 0 Å². The number of sulfonamides is 1. The van der Waals surface area contributed by atoms with E-state index in [1.807, 2.05) is 48.5 Å². The Balaban J connectivity index is 1.80. The highest BCUT2D eigenvalue weighted by molar-refractivity contribution is 7.99. The maximum atomic E-state index is 12.4. The van der Waals surface area contributed by atoms with E-state index in [0.29, 0.717) is 5.69 Å². The molecular weight excluding hydrogens is 340 g/mol. The molecule has 3 aromatic rings. The van der Waals surface area contributed by atoms with Crippen molar-refractivity contribution in [2.24, 2.45) is 0 Å². The predicted octanol–water partition coefficient (Wildman–Crippen LogP) is 4.17. The fraction of sp³-hybridized carbons (Fsp3) is 0.0556. The summed E-state index contributed by atoms with van der Waals surface area (Å²) in [7, 11) is -3.48. The van der Waals surface area contributed by atoms with Gasteiger partial charge in [-0.3, -0.25) is 9.71 Å². The van der Waals surface area contributed by atoms with Crippen LogP contribution < -0.4 is 4.72 Å². The van der Waals surface area contributed by atoms with Crippen molar-refractivity contribution in [1.82, 2.24) is 4.98 Å².